The first-order chi connectivity index (χ1) is 7.06. The summed E-state index contributed by atoms with van der Waals surface area (Å²) in [4.78, 5) is 3.29. The van der Waals surface area contributed by atoms with Crippen LogP contribution in [0.3, 0.4) is 0 Å². The average Bonchev–Trinajstić information content (AvgIpc) is 2.21. The Balaban J connectivity index is 2.95. The van der Waals surface area contributed by atoms with Gasteiger partial charge in [-0.2, -0.15) is 9.65 Å². The zero-order valence-corrected chi connectivity index (χ0v) is 8.32. The fraction of sp³-hybridized carbons (Fsp3) is 0.333. The smallest absolute Gasteiger partial charge is 0.218 e. The lowest BCUT2D eigenvalue weighted by molar-refractivity contribution is 0.0190. The summed E-state index contributed by atoms with van der Waals surface area (Å²) in [5.74, 6) is -0.913. The summed E-state index contributed by atoms with van der Waals surface area (Å²) in [6.07, 6.45) is -2.07. The van der Waals surface area contributed by atoms with E-state index < -0.39 is 18.2 Å². The van der Waals surface area contributed by atoms with Crippen molar-refractivity contribution in [3.05, 3.63) is 28.8 Å². The Morgan fingerprint density at radius 3 is 2.87 bits per heavy atom. The minimum atomic E-state index is -1.50. The van der Waals surface area contributed by atoms with Crippen molar-refractivity contribution in [3.8, 4) is 6.07 Å². The normalized spacial score (nSPS) is 14.3. The number of aromatic nitrogens is 1. The Bertz CT molecular complexity index is 394. The highest BCUT2D eigenvalue weighted by atomic mass is 35.5. The van der Waals surface area contributed by atoms with Crippen LogP contribution in [-0.4, -0.2) is 21.3 Å². The van der Waals surface area contributed by atoms with Crippen molar-refractivity contribution in [2.24, 2.45) is 0 Å². The Morgan fingerprint density at radius 2 is 2.27 bits per heavy atom. The van der Waals surface area contributed by atoms with Gasteiger partial charge in [-0.25, -0.2) is 4.98 Å². The van der Waals surface area contributed by atoms with E-state index in [1.54, 1.807) is 6.07 Å². The van der Waals surface area contributed by atoms with Crippen molar-refractivity contribution >= 4 is 11.6 Å². The summed E-state index contributed by atoms with van der Waals surface area (Å²) < 4.78 is 13.1. The van der Waals surface area contributed by atoms with E-state index in [1.165, 1.54) is 0 Å². The molecule has 0 saturated heterocycles. The zero-order valence-electron chi connectivity index (χ0n) is 7.56. The third-order valence-corrected chi connectivity index (χ3v) is 2.02. The second kappa shape index (κ2) is 5.03. The lowest BCUT2D eigenvalue weighted by atomic mass is 10.0. The lowest BCUT2D eigenvalue weighted by Crippen LogP contribution is -2.19. The molecule has 2 unspecified atom stereocenters. The van der Waals surface area contributed by atoms with Crippen LogP contribution in [0.15, 0.2) is 12.3 Å². The van der Waals surface area contributed by atoms with Gasteiger partial charge in [0.1, 0.15) is 6.10 Å². The van der Waals surface area contributed by atoms with Crippen molar-refractivity contribution in [1.82, 2.24) is 4.98 Å². The molecule has 0 aromatic carbocycles. The molecule has 2 atom stereocenters. The zero-order chi connectivity index (χ0) is 11.4. The number of nitrogens with zero attached hydrogens (tertiary/aromatic N) is 2. The van der Waals surface area contributed by atoms with Gasteiger partial charge in [-0.05, 0) is 6.07 Å². The second-order valence-electron chi connectivity index (χ2n) is 2.91. The first kappa shape index (κ1) is 11.9. The molecule has 15 heavy (non-hydrogen) atoms. The number of halogens is 2. The Labute approximate surface area is 90.6 Å². The minimum Gasteiger partial charge on any atom is -0.389 e. The van der Waals surface area contributed by atoms with Crippen LogP contribution in [-0.2, 0) is 0 Å². The standard InChI is InChI=1S/C9H8ClFN2O2/c10-5-3-6(9(11)13-4-5)8(15)7(14)1-2-12/h3-4,7-8,14-15H,1H2. The van der Waals surface area contributed by atoms with Gasteiger partial charge in [0.05, 0.1) is 23.6 Å². The maximum Gasteiger partial charge on any atom is 0.218 e. The van der Waals surface area contributed by atoms with E-state index in [2.05, 4.69) is 4.98 Å². The van der Waals surface area contributed by atoms with Crippen LogP contribution in [0.4, 0.5) is 4.39 Å². The Kier molecular flexibility index (Phi) is 3.97. The molecule has 0 aliphatic heterocycles. The predicted molar refractivity (Wildman–Crippen MR) is 50.4 cm³/mol. The first-order valence-electron chi connectivity index (χ1n) is 4.10. The molecule has 1 rings (SSSR count). The maximum atomic E-state index is 13.1. The fourth-order valence-corrected chi connectivity index (χ4v) is 1.22. The topological polar surface area (TPSA) is 77.1 Å². The summed E-state index contributed by atoms with van der Waals surface area (Å²) in [5, 5.41) is 27.2. The van der Waals surface area contributed by atoms with E-state index >= 15 is 0 Å². The SMILES string of the molecule is N#CCC(O)C(O)c1cc(Cl)cnc1F. The van der Waals surface area contributed by atoms with Crippen LogP contribution >= 0.6 is 11.6 Å². The third-order valence-electron chi connectivity index (χ3n) is 1.82. The van der Waals surface area contributed by atoms with Crippen LogP contribution in [0.1, 0.15) is 18.1 Å². The van der Waals surface area contributed by atoms with E-state index in [0.29, 0.717) is 0 Å². The molecular weight excluding hydrogens is 223 g/mol. The number of rotatable bonds is 3. The van der Waals surface area contributed by atoms with E-state index in [4.69, 9.17) is 16.9 Å². The molecule has 6 heteroatoms. The second-order valence-corrected chi connectivity index (χ2v) is 3.34. The monoisotopic (exact) mass is 230 g/mol. The summed E-state index contributed by atoms with van der Waals surface area (Å²) in [6.45, 7) is 0. The quantitative estimate of drug-likeness (QED) is 0.765. The molecular formula is C9H8ClFN2O2. The van der Waals surface area contributed by atoms with E-state index in [9.17, 15) is 14.6 Å². The fourth-order valence-electron chi connectivity index (χ4n) is 1.06. The number of pyridine rings is 1. The summed E-state index contributed by atoms with van der Waals surface area (Å²) in [7, 11) is 0. The van der Waals surface area contributed by atoms with Crippen LogP contribution in [0.5, 0.6) is 0 Å². The molecule has 80 valence electrons. The van der Waals surface area contributed by atoms with Crippen LogP contribution < -0.4 is 0 Å². The molecule has 1 aromatic rings. The van der Waals surface area contributed by atoms with Crippen LogP contribution in [0.25, 0.3) is 0 Å². The molecule has 1 aromatic heterocycles. The highest BCUT2D eigenvalue weighted by Gasteiger charge is 2.22. The van der Waals surface area contributed by atoms with Gasteiger partial charge in [-0.3, -0.25) is 0 Å². The third kappa shape index (κ3) is 2.86. The summed E-state index contributed by atoms with van der Waals surface area (Å²) in [6, 6.07) is 2.83. The van der Waals surface area contributed by atoms with Gasteiger partial charge >= 0.3 is 0 Å². The summed E-state index contributed by atoms with van der Waals surface area (Å²) in [5.41, 5.74) is -0.217. The number of hydrogen-bond acceptors (Lipinski definition) is 4. The number of aliphatic hydroxyl groups excluding tert-OH is 2. The van der Waals surface area contributed by atoms with Crippen molar-refractivity contribution in [3.63, 3.8) is 0 Å². The van der Waals surface area contributed by atoms with Gasteiger partial charge in [-0.15, -0.1) is 0 Å². The van der Waals surface area contributed by atoms with Crippen LogP contribution in [0, 0.1) is 17.3 Å². The summed E-state index contributed by atoms with van der Waals surface area (Å²) >= 11 is 5.56. The molecule has 0 bridgehead atoms. The molecule has 2 N–H and O–H groups in total. The van der Waals surface area contributed by atoms with E-state index in [0.717, 1.165) is 12.3 Å². The Morgan fingerprint density at radius 1 is 1.60 bits per heavy atom. The number of aliphatic hydroxyl groups is 2. The van der Waals surface area contributed by atoms with Crippen molar-refractivity contribution in [2.45, 2.75) is 18.6 Å². The molecule has 0 amide bonds. The number of hydrogen-bond donors (Lipinski definition) is 2. The molecule has 0 spiro atoms. The van der Waals surface area contributed by atoms with Gasteiger partial charge in [0, 0.05) is 11.8 Å². The van der Waals surface area contributed by atoms with Gasteiger partial charge in [-0.1, -0.05) is 11.6 Å². The predicted octanol–water partition coefficient (Wildman–Crippen LogP) is 1.18. The number of nitriles is 1. The van der Waals surface area contributed by atoms with Gasteiger partial charge in [0.15, 0.2) is 0 Å². The highest BCUT2D eigenvalue weighted by Crippen LogP contribution is 2.23. The lowest BCUT2D eigenvalue weighted by Gasteiger charge is -2.15. The maximum absolute atomic E-state index is 13.1. The molecule has 0 aliphatic rings. The molecule has 0 aliphatic carbocycles. The minimum absolute atomic E-state index is 0.148. The van der Waals surface area contributed by atoms with Gasteiger partial charge in [0.25, 0.3) is 0 Å². The van der Waals surface area contributed by atoms with Gasteiger partial charge < -0.3 is 10.2 Å². The van der Waals surface area contributed by atoms with Crippen molar-refractivity contribution in [2.75, 3.05) is 0 Å². The van der Waals surface area contributed by atoms with Crippen molar-refractivity contribution < 1.29 is 14.6 Å². The van der Waals surface area contributed by atoms with Gasteiger partial charge in [0.2, 0.25) is 5.95 Å². The largest absolute Gasteiger partial charge is 0.389 e. The molecule has 0 saturated carbocycles. The molecule has 1 heterocycles. The molecule has 0 radical (unpaired) electrons. The van der Waals surface area contributed by atoms with Crippen molar-refractivity contribution in [1.29, 1.82) is 5.26 Å². The average molecular weight is 231 g/mol. The van der Waals surface area contributed by atoms with E-state index in [1.807, 2.05) is 0 Å². The van der Waals surface area contributed by atoms with E-state index in [-0.39, 0.29) is 17.0 Å². The molecule has 0 fully saturated rings. The first-order valence-corrected chi connectivity index (χ1v) is 4.48. The Hall–Kier alpha value is -1.22. The molecule has 4 nitrogen and oxygen atoms in total. The van der Waals surface area contributed by atoms with Crippen LogP contribution in [0.2, 0.25) is 5.02 Å². The highest BCUT2D eigenvalue weighted by molar-refractivity contribution is 6.30.